The molecule has 0 aromatic carbocycles. The molecule has 0 unspecified atom stereocenters. The summed E-state index contributed by atoms with van der Waals surface area (Å²) < 4.78 is 42.9. The molecular formula is C17H38NO5S+. The Morgan fingerprint density at radius 3 is 1.83 bits per heavy atom. The minimum atomic E-state index is -3.88. The lowest BCUT2D eigenvalue weighted by Gasteiger charge is -2.39. The van der Waals surface area contributed by atoms with E-state index in [9.17, 15) is 8.42 Å². The number of ether oxygens (including phenoxy) is 2. The minimum Gasteiger partial charge on any atom is -0.379 e. The maximum atomic E-state index is 11.0. The van der Waals surface area contributed by atoms with Crippen molar-refractivity contribution in [2.45, 2.75) is 52.9 Å². The molecule has 0 aromatic rings. The molecular weight excluding hydrogens is 330 g/mol. The van der Waals surface area contributed by atoms with Crippen LogP contribution in [0.1, 0.15) is 52.9 Å². The zero-order chi connectivity index (χ0) is 18.3. The molecule has 0 aliphatic carbocycles. The number of rotatable bonds is 17. The Bertz CT molecular complexity index is 378. The van der Waals surface area contributed by atoms with E-state index < -0.39 is 10.1 Å². The van der Waals surface area contributed by atoms with Crippen molar-refractivity contribution in [3.05, 3.63) is 0 Å². The molecule has 0 radical (unpaired) electrons. The van der Waals surface area contributed by atoms with E-state index >= 15 is 0 Å². The van der Waals surface area contributed by atoms with Crippen LogP contribution in [-0.2, 0) is 19.6 Å². The average Bonchev–Trinajstić information content (AvgIpc) is 2.52. The van der Waals surface area contributed by atoms with Crippen LogP contribution in [0, 0.1) is 0 Å². The summed E-state index contributed by atoms with van der Waals surface area (Å²) in [4.78, 5) is 0. The van der Waals surface area contributed by atoms with Gasteiger partial charge in [0.15, 0.2) is 0 Å². The highest BCUT2D eigenvalue weighted by Crippen LogP contribution is 2.14. The van der Waals surface area contributed by atoms with E-state index in [2.05, 4.69) is 13.8 Å². The van der Waals surface area contributed by atoms with Crippen molar-refractivity contribution in [2.24, 2.45) is 0 Å². The predicted molar refractivity (Wildman–Crippen MR) is 97.9 cm³/mol. The lowest BCUT2D eigenvalue weighted by Crippen LogP contribution is -2.52. The van der Waals surface area contributed by atoms with Gasteiger partial charge in [0.1, 0.15) is 6.54 Å². The molecule has 1 N–H and O–H groups in total. The Morgan fingerprint density at radius 1 is 0.792 bits per heavy atom. The van der Waals surface area contributed by atoms with Gasteiger partial charge in [0.25, 0.3) is 10.1 Å². The molecule has 0 spiro atoms. The quantitative estimate of drug-likeness (QED) is 0.243. The molecule has 6 nitrogen and oxygen atoms in total. The summed E-state index contributed by atoms with van der Waals surface area (Å²) in [5, 5.41) is 0. The summed E-state index contributed by atoms with van der Waals surface area (Å²) >= 11 is 0. The number of hydrogen-bond acceptors (Lipinski definition) is 4. The second-order valence-electron chi connectivity index (χ2n) is 6.39. The van der Waals surface area contributed by atoms with E-state index in [0.717, 1.165) is 56.3 Å². The topological polar surface area (TPSA) is 72.8 Å². The van der Waals surface area contributed by atoms with E-state index in [1.807, 2.05) is 6.92 Å². The Balaban J connectivity index is 4.59. The molecule has 0 heterocycles. The van der Waals surface area contributed by atoms with Gasteiger partial charge in [0.05, 0.1) is 45.2 Å². The van der Waals surface area contributed by atoms with E-state index in [4.69, 9.17) is 14.0 Å². The highest BCUT2D eigenvalue weighted by Gasteiger charge is 2.26. The van der Waals surface area contributed by atoms with Crippen LogP contribution in [0.15, 0.2) is 0 Å². The number of unbranched alkanes of at least 4 members (excludes halogenated alkanes) is 2. The van der Waals surface area contributed by atoms with Crippen molar-refractivity contribution >= 4 is 10.1 Å². The lowest BCUT2D eigenvalue weighted by atomic mass is 10.2. The first kappa shape index (κ1) is 23.8. The molecule has 0 saturated carbocycles. The molecule has 7 heteroatoms. The molecule has 24 heavy (non-hydrogen) atoms. The van der Waals surface area contributed by atoms with Crippen LogP contribution in [0.2, 0.25) is 0 Å². The molecule has 0 amide bonds. The number of hydrogen-bond donors (Lipinski definition) is 1. The second-order valence-corrected chi connectivity index (χ2v) is 7.96. The molecule has 146 valence electrons. The monoisotopic (exact) mass is 368 g/mol. The van der Waals surface area contributed by atoms with E-state index in [-0.39, 0.29) is 5.75 Å². The normalized spacial score (nSPS) is 12.7. The molecule has 0 aliphatic heterocycles. The third-order valence-corrected chi connectivity index (χ3v) is 5.10. The minimum absolute atomic E-state index is 0.156. The summed E-state index contributed by atoms with van der Waals surface area (Å²) in [5.41, 5.74) is 0. The van der Waals surface area contributed by atoms with Crippen LogP contribution in [0.5, 0.6) is 0 Å². The Labute approximate surface area is 148 Å². The van der Waals surface area contributed by atoms with E-state index in [1.54, 1.807) is 0 Å². The fourth-order valence-corrected chi connectivity index (χ4v) is 3.36. The van der Waals surface area contributed by atoms with Gasteiger partial charge in [0.2, 0.25) is 0 Å². The van der Waals surface area contributed by atoms with Gasteiger partial charge in [-0.3, -0.25) is 4.55 Å². The van der Waals surface area contributed by atoms with Gasteiger partial charge in [-0.05, 0) is 19.8 Å². The Morgan fingerprint density at radius 2 is 1.33 bits per heavy atom. The van der Waals surface area contributed by atoms with Gasteiger partial charge in [-0.2, -0.15) is 8.42 Å². The van der Waals surface area contributed by atoms with Crippen LogP contribution in [0.25, 0.3) is 0 Å². The smallest absolute Gasteiger partial charge is 0.265 e. The Hall–Kier alpha value is -0.210. The third-order valence-electron chi connectivity index (χ3n) is 4.29. The Kier molecular flexibility index (Phi) is 13.9. The molecule has 0 atom stereocenters. The maximum absolute atomic E-state index is 11.0. The third kappa shape index (κ3) is 13.1. The summed E-state index contributed by atoms with van der Waals surface area (Å²) in [6, 6.07) is 0. The summed E-state index contributed by atoms with van der Waals surface area (Å²) in [5.74, 6) is -0.156. The van der Waals surface area contributed by atoms with Gasteiger partial charge in [0, 0.05) is 13.0 Å². The van der Waals surface area contributed by atoms with Crippen LogP contribution in [0.4, 0.5) is 0 Å². The van der Waals surface area contributed by atoms with Crippen molar-refractivity contribution in [3.8, 4) is 0 Å². The fourth-order valence-electron chi connectivity index (χ4n) is 2.86. The molecule has 0 saturated heterocycles. The standard InChI is InChI=1S/C17H37NO5S/c1-4-7-10-18(11-8-5-2,12-9-17-24(19,20)21)13-14-23-16-15-22-6-3/h4-17H2,1-3H3/p+1. The number of quaternary nitrogens is 1. The highest BCUT2D eigenvalue weighted by atomic mass is 32.2. The van der Waals surface area contributed by atoms with Gasteiger partial charge in [-0.25, -0.2) is 0 Å². The number of nitrogens with zero attached hydrogens (tertiary/aromatic N) is 1. The maximum Gasteiger partial charge on any atom is 0.265 e. The summed E-state index contributed by atoms with van der Waals surface area (Å²) in [6.07, 6.45) is 4.97. The fraction of sp³-hybridized carbons (Fsp3) is 1.00. The first-order valence-corrected chi connectivity index (χ1v) is 11.0. The molecule has 0 fully saturated rings. The van der Waals surface area contributed by atoms with Crippen LogP contribution in [0.3, 0.4) is 0 Å². The van der Waals surface area contributed by atoms with Crippen LogP contribution < -0.4 is 0 Å². The second kappa shape index (κ2) is 14.0. The first-order chi connectivity index (χ1) is 11.4. The van der Waals surface area contributed by atoms with Crippen molar-refractivity contribution < 1.29 is 26.9 Å². The van der Waals surface area contributed by atoms with Crippen molar-refractivity contribution in [3.63, 3.8) is 0 Å². The van der Waals surface area contributed by atoms with Crippen molar-refractivity contribution in [1.29, 1.82) is 0 Å². The zero-order valence-corrected chi connectivity index (χ0v) is 16.7. The highest BCUT2D eigenvalue weighted by molar-refractivity contribution is 7.85. The first-order valence-electron chi connectivity index (χ1n) is 9.35. The molecule has 0 aromatic heterocycles. The van der Waals surface area contributed by atoms with E-state index in [1.165, 1.54) is 0 Å². The predicted octanol–water partition coefficient (Wildman–Crippen LogP) is 2.73. The SMILES string of the molecule is CCCC[N+](CCCC)(CCCS(=O)(=O)O)CCOCCOCC. The zero-order valence-electron chi connectivity index (χ0n) is 15.8. The summed E-state index contributed by atoms with van der Waals surface area (Å²) in [6.45, 7) is 12.6. The van der Waals surface area contributed by atoms with Gasteiger partial charge < -0.3 is 14.0 Å². The van der Waals surface area contributed by atoms with Gasteiger partial charge in [-0.15, -0.1) is 0 Å². The van der Waals surface area contributed by atoms with Crippen molar-refractivity contribution in [1.82, 2.24) is 0 Å². The lowest BCUT2D eigenvalue weighted by molar-refractivity contribution is -0.929. The van der Waals surface area contributed by atoms with Gasteiger partial charge >= 0.3 is 0 Å². The van der Waals surface area contributed by atoms with E-state index in [0.29, 0.717) is 32.8 Å². The van der Waals surface area contributed by atoms with Gasteiger partial charge in [-0.1, -0.05) is 26.7 Å². The average molecular weight is 369 g/mol. The molecule has 0 rings (SSSR count). The molecule has 0 bridgehead atoms. The summed E-state index contributed by atoms with van der Waals surface area (Å²) in [7, 11) is -3.88. The molecule has 0 aliphatic rings. The van der Waals surface area contributed by atoms with Crippen molar-refractivity contribution in [2.75, 3.05) is 58.4 Å². The van der Waals surface area contributed by atoms with Crippen LogP contribution >= 0.6 is 0 Å². The van der Waals surface area contributed by atoms with Crippen LogP contribution in [-0.4, -0.2) is 75.8 Å². The largest absolute Gasteiger partial charge is 0.379 e.